The van der Waals surface area contributed by atoms with Crippen molar-refractivity contribution in [3.63, 3.8) is 0 Å². The molecule has 24 heavy (non-hydrogen) atoms. The number of carbonyl (C=O) groups excluding carboxylic acids is 1. The van der Waals surface area contributed by atoms with Gasteiger partial charge in [-0.05, 0) is 43.5 Å². The molecule has 0 bridgehead atoms. The number of halogens is 1. The molecule has 0 aliphatic carbocycles. The highest BCUT2D eigenvalue weighted by Crippen LogP contribution is 2.20. The van der Waals surface area contributed by atoms with E-state index in [1.165, 1.54) is 0 Å². The Morgan fingerprint density at radius 2 is 1.96 bits per heavy atom. The number of nitrogens with zero attached hydrogens (tertiary/aromatic N) is 2. The van der Waals surface area contributed by atoms with Gasteiger partial charge >= 0.3 is 0 Å². The fourth-order valence-electron chi connectivity index (χ4n) is 2.44. The molecule has 1 heterocycles. The highest BCUT2D eigenvalue weighted by molar-refractivity contribution is 7.71. The molecule has 5 nitrogen and oxygen atoms in total. The van der Waals surface area contributed by atoms with Crippen LogP contribution in [0.3, 0.4) is 0 Å². The minimum absolute atomic E-state index is 0.148. The highest BCUT2D eigenvalue weighted by atomic mass is 35.5. The van der Waals surface area contributed by atoms with Crippen LogP contribution in [0.4, 0.5) is 5.69 Å². The van der Waals surface area contributed by atoms with Gasteiger partial charge in [-0.25, -0.2) is 0 Å². The summed E-state index contributed by atoms with van der Waals surface area (Å²) in [6, 6.07) is 14.8. The van der Waals surface area contributed by atoms with E-state index in [2.05, 4.69) is 5.32 Å². The number of likely N-dealkylation sites (N-methyl/N-ethyl adjacent to an activating group) is 1. The van der Waals surface area contributed by atoms with E-state index in [4.69, 9.17) is 28.2 Å². The Kier molecular flexibility index (Phi) is 4.99. The maximum absolute atomic E-state index is 12.2. The molecule has 7 heteroatoms. The molecule has 0 aliphatic heterocycles. The predicted molar refractivity (Wildman–Crippen MR) is 97.7 cm³/mol. The average Bonchev–Trinajstić information content (AvgIpc) is 2.85. The molecule has 0 unspecified atom stereocenters. The lowest BCUT2D eigenvalue weighted by molar-refractivity contribution is -0.117. The first-order chi connectivity index (χ1) is 11.5. The molecular formula is C17H16ClN3O2S. The highest BCUT2D eigenvalue weighted by Gasteiger charge is 2.12. The first kappa shape index (κ1) is 16.7. The zero-order valence-electron chi connectivity index (χ0n) is 13.0. The number of amides is 1. The minimum atomic E-state index is -0.148. The van der Waals surface area contributed by atoms with Crippen molar-refractivity contribution in [2.45, 2.75) is 6.67 Å². The lowest BCUT2D eigenvalue weighted by Gasteiger charge is -2.17. The van der Waals surface area contributed by atoms with E-state index < -0.39 is 0 Å². The molecule has 1 amide bonds. The zero-order valence-corrected chi connectivity index (χ0v) is 14.6. The largest absolute Gasteiger partial charge is 0.429 e. The lowest BCUT2D eigenvalue weighted by Crippen LogP contribution is -2.31. The number of aromatic nitrogens is 1. The summed E-state index contributed by atoms with van der Waals surface area (Å²) in [4.78, 5) is 14.4. The van der Waals surface area contributed by atoms with E-state index in [9.17, 15) is 4.79 Å². The Hall–Kier alpha value is -2.15. The van der Waals surface area contributed by atoms with Gasteiger partial charge in [0.1, 0.15) is 0 Å². The van der Waals surface area contributed by atoms with Crippen molar-refractivity contribution >= 4 is 46.5 Å². The van der Waals surface area contributed by atoms with Crippen molar-refractivity contribution in [1.82, 2.24) is 9.47 Å². The quantitative estimate of drug-likeness (QED) is 0.694. The molecule has 0 atom stereocenters. The van der Waals surface area contributed by atoms with Gasteiger partial charge < -0.3 is 9.73 Å². The topological polar surface area (TPSA) is 50.4 Å². The van der Waals surface area contributed by atoms with Crippen molar-refractivity contribution in [1.29, 1.82) is 0 Å². The standard InChI is InChI=1S/C17H16ClN3O2S/c1-20(10-16(22)19-13-7-3-2-6-12(13)18)11-21-14-8-4-5-9-15(14)23-17(21)24/h2-9H,10-11H2,1H3,(H,19,22). The Balaban J connectivity index is 1.68. The number of nitrogens with one attached hydrogen (secondary N) is 1. The number of para-hydroxylation sites is 3. The molecule has 0 spiro atoms. The number of hydrogen-bond acceptors (Lipinski definition) is 4. The number of fused-ring (bicyclic) bond motifs is 1. The Bertz CT molecular complexity index is 935. The summed E-state index contributed by atoms with van der Waals surface area (Å²) < 4.78 is 7.40. The molecular weight excluding hydrogens is 346 g/mol. The SMILES string of the molecule is CN(CC(=O)Nc1ccccc1Cl)Cn1c(=S)oc2ccccc21. The molecule has 0 radical (unpaired) electrons. The van der Waals surface area contributed by atoms with Gasteiger partial charge in [0.05, 0.1) is 29.4 Å². The molecule has 0 aliphatic rings. The Morgan fingerprint density at radius 3 is 2.75 bits per heavy atom. The third kappa shape index (κ3) is 3.67. The van der Waals surface area contributed by atoms with Gasteiger partial charge in [0.2, 0.25) is 5.91 Å². The number of benzene rings is 2. The summed E-state index contributed by atoms with van der Waals surface area (Å²) in [6.07, 6.45) is 0. The summed E-state index contributed by atoms with van der Waals surface area (Å²) in [6.45, 7) is 0.651. The van der Waals surface area contributed by atoms with Gasteiger partial charge in [-0.15, -0.1) is 0 Å². The maximum atomic E-state index is 12.2. The molecule has 1 aromatic heterocycles. The number of anilines is 1. The second-order valence-corrected chi connectivity index (χ2v) is 6.20. The molecule has 0 saturated heterocycles. The second kappa shape index (κ2) is 7.17. The van der Waals surface area contributed by atoms with Gasteiger partial charge in [0, 0.05) is 0 Å². The third-order valence-corrected chi connectivity index (χ3v) is 4.15. The van der Waals surface area contributed by atoms with Crippen molar-refractivity contribution in [3.05, 3.63) is 58.4 Å². The molecule has 3 aromatic rings. The molecule has 3 rings (SSSR count). The first-order valence-corrected chi connectivity index (χ1v) is 8.14. The van der Waals surface area contributed by atoms with E-state index in [0.717, 1.165) is 11.1 Å². The van der Waals surface area contributed by atoms with E-state index in [1.807, 2.05) is 52.9 Å². The van der Waals surface area contributed by atoms with Crippen molar-refractivity contribution in [2.75, 3.05) is 18.9 Å². The first-order valence-electron chi connectivity index (χ1n) is 7.36. The van der Waals surface area contributed by atoms with Crippen LogP contribution in [0, 0.1) is 4.84 Å². The molecule has 124 valence electrons. The number of carbonyl (C=O) groups is 1. The van der Waals surface area contributed by atoms with Gasteiger partial charge in [0.25, 0.3) is 4.84 Å². The molecule has 2 aromatic carbocycles. The van der Waals surface area contributed by atoms with Gasteiger partial charge in [0.15, 0.2) is 5.58 Å². The van der Waals surface area contributed by atoms with Crippen LogP contribution in [-0.2, 0) is 11.5 Å². The summed E-state index contributed by atoms with van der Waals surface area (Å²) in [5.41, 5.74) is 2.24. The van der Waals surface area contributed by atoms with Crippen molar-refractivity contribution < 1.29 is 9.21 Å². The van der Waals surface area contributed by atoms with E-state index in [1.54, 1.807) is 12.1 Å². The van der Waals surface area contributed by atoms with Gasteiger partial charge in [-0.2, -0.15) is 0 Å². The van der Waals surface area contributed by atoms with E-state index in [-0.39, 0.29) is 12.5 Å². The number of oxazole rings is 1. The van der Waals surface area contributed by atoms with Gasteiger partial charge in [-0.3, -0.25) is 14.3 Å². The summed E-state index contributed by atoms with van der Waals surface area (Å²) in [5.74, 6) is -0.148. The summed E-state index contributed by atoms with van der Waals surface area (Å²) >= 11 is 11.3. The van der Waals surface area contributed by atoms with Crippen LogP contribution < -0.4 is 5.32 Å². The van der Waals surface area contributed by atoms with Crippen LogP contribution in [0.25, 0.3) is 11.1 Å². The third-order valence-electron chi connectivity index (χ3n) is 3.52. The second-order valence-electron chi connectivity index (χ2n) is 5.45. The Labute approximate surface area is 149 Å². The van der Waals surface area contributed by atoms with E-state index in [0.29, 0.717) is 22.2 Å². The van der Waals surface area contributed by atoms with E-state index >= 15 is 0 Å². The van der Waals surface area contributed by atoms with Crippen LogP contribution in [0.2, 0.25) is 5.02 Å². The molecule has 1 N–H and O–H groups in total. The summed E-state index contributed by atoms with van der Waals surface area (Å²) in [5, 5.41) is 3.31. The van der Waals surface area contributed by atoms with Crippen molar-refractivity contribution in [2.24, 2.45) is 0 Å². The summed E-state index contributed by atoms with van der Waals surface area (Å²) in [7, 11) is 1.84. The fourth-order valence-corrected chi connectivity index (χ4v) is 2.87. The normalized spacial score (nSPS) is 11.1. The number of rotatable bonds is 5. The smallest absolute Gasteiger partial charge is 0.270 e. The Morgan fingerprint density at radius 1 is 1.25 bits per heavy atom. The molecule has 0 saturated carbocycles. The predicted octanol–water partition coefficient (Wildman–Crippen LogP) is 4.15. The van der Waals surface area contributed by atoms with Crippen molar-refractivity contribution in [3.8, 4) is 0 Å². The van der Waals surface area contributed by atoms with Crippen LogP contribution in [0.1, 0.15) is 0 Å². The van der Waals surface area contributed by atoms with Crippen LogP contribution in [0.15, 0.2) is 52.9 Å². The van der Waals surface area contributed by atoms with Crippen LogP contribution in [0.5, 0.6) is 0 Å². The maximum Gasteiger partial charge on any atom is 0.270 e. The fraction of sp³-hybridized carbons (Fsp3) is 0.176. The molecule has 0 fully saturated rings. The minimum Gasteiger partial charge on any atom is -0.429 e. The lowest BCUT2D eigenvalue weighted by atomic mass is 10.3. The van der Waals surface area contributed by atoms with Crippen LogP contribution >= 0.6 is 23.8 Å². The number of hydrogen-bond donors (Lipinski definition) is 1. The monoisotopic (exact) mass is 361 g/mol. The average molecular weight is 362 g/mol. The van der Waals surface area contributed by atoms with Gasteiger partial charge in [-0.1, -0.05) is 35.9 Å². The van der Waals surface area contributed by atoms with Crippen LogP contribution in [-0.4, -0.2) is 29.0 Å². The zero-order chi connectivity index (χ0) is 17.1.